The van der Waals surface area contributed by atoms with Crippen molar-refractivity contribution in [3.8, 4) is 5.95 Å². The smallest absolute Gasteiger partial charge is 0.277 e. The van der Waals surface area contributed by atoms with Crippen LogP contribution in [-0.2, 0) is 11.2 Å². The number of halogens is 3. The van der Waals surface area contributed by atoms with E-state index >= 15 is 0 Å². The number of hydrogen-bond acceptors (Lipinski definition) is 5. The average molecular weight is 389 g/mol. The molecule has 0 atom stereocenters. The molecule has 2 aromatic rings. The molecule has 0 aliphatic rings. The predicted molar refractivity (Wildman–Crippen MR) is 96.1 cm³/mol. The van der Waals surface area contributed by atoms with Crippen molar-refractivity contribution < 1.29 is 13.6 Å². The van der Waals surface area contributed by atoms with Crippen LogP contribution < -0.4 is 11.1 Å². The SMILES string of the molecule is Cc1cc(C)nc(-n2nc(C)c(CC(=O)NCC(F)(F)CN)c2C)n1.Cl. The molecule has 26 heavy (non-hydrogen) atoms. The molecule has 0 radical (unpaired) electrons. The van der Waals surface area contributed by atoms with Gasteiger partial charge in [-0.05, 0) is 33.8 Å². The lowest BCUT2D eigenvalue weighted by Crippen LogP contribution is -2.42. The van der Waals surface area contributed by atoms with Gasteiger partial charge in [0, 0.05) is 22.6 Å². The first kappa shape index (κ1) is 21.9. The van der Waals surface area contributed by atoms with Gasteiger partial charge in [-0.3, -0.25) is 4.79 Å². The van der Waals surface area contributed by atoms with E-state index in [0.29, 0.717) is 22.9 Å². The van der Waals surface area contributed by atoms with Gasteiger partial charge in [-0.2, -0.15) is 5.10 Å². The maximum Gasteiger partial charge on any atom is 0.277 e. The van der Waals surface area contributed by atoms with Gasteiger partial charge < -0.3 is 11.1 Å². The number of nitrogens with zero attached hydrogens (tertiary/aromatic N) is 4. The van der Waals surface area contributed by atoms with Gasteiger partial charge in [0.25, 0.3) is 11.9 Å². The van der Waals surface area contributed by atoms with E-state index in [9.17, 15) is 13.6 Å². The Bertz CT molecular complexity index is 773. The second-order valence-electron chi connectivity index (χ2n) is 6.03. The summed E-state index contributed by atoms with van der Waals surface area (Å²) in [5, 5.41) is 6.59. The molecule has 7 nitrogen and oxygen atoms in total. The molecule has 2 aromatic heterocycles. The van der Waals surface area contributed by atoms with Crippen LogP contribution in [0.1, 0.15) is 28.3 Å². The van der Waals surface area contributed by atoms with Crippen LogP contribution >= 0.6 is 12.4 Å². The van der Waals surface area contributed by atoms with E-state index in [4.69, 9.17) is 5.73 Å². The third-order valence-corrected chi connectivity index (χ3v) is 3.78. The maximum absolute atomic E-state index is 13.1. The van der Waals surface area contributed by atoms with Gasteiger partial charge in [0.1, 0.15) is 0 Å². The third-order valence-electron chi connectivity index (χ3n) is 3.78. The Morgan fingerprint density at radius 3 is 2.35 bits per heavy atom. The summed E-state index contributed by atoms with van der Waals surface area (Å²) in [6.07, 6.45) is -0.0525. The van der Waals surface area contributed by atoms with Crippen molar-refractivity contribution >= 4 is 18.3 Å². The number of nitrogens with one attached hydrogen (secondary N) is 1. The zero-order valence-corrected chi connectivity index (χ0v) is 16.0. The van der Waals surface area contributed by atoms with Crippen LogP contribution in [0.2, 0.25) is 0 Å². The summed E-state index contributed by atoms with van der Waals surface area (Å²) < 4.78 is 27.8. The highest BCUT2D eigenvalue weighted by Crippen LogP contribution is 2.17. The fraction of sp³-hybridized carbons (Fsp3) is 0.500. The molecule has 2 heterocycles. The van der Waals surface area contributed by atoms with Crippen molar-refractivity contribution in [2.45, 2.75) is 40.0 Å². The molecular weight excluding hydrogens is 366 g/mol. The fourth-order valence-electron chi connectivity index (χ4n) is 2.45. The van der Waals surface area contributed by atoms with Crippen molar-refractivity contribution in [3.05, 3.63) is 34.4 Å². The number of alkyl halides is 2. The van der Waals surface area contributed by atoms with Crippen LogP contribution in [0.4, 0.5) is 8.78 Å². The van der Waals surface area contributed by atoms with Crippen molar-refractivity contribution in [1.29, 1.82) is 0 Å². The monoisotopic (exact) mass is 388 g/mol. The molecule has 0 fully saturated rings. The number of aryl methyl sites for hydroxylation is 3. The summed E-state index contributed by atoms with van der Waals surface area (Å²) in [7, 11) is 0. The van der Waals surface area contributed by atoms with E-state index in [1.165, 1.54) is 0 Å². The van der Waals surface area contributed by atoms with Crippen LogP contribution in [0.5, 0.6) is 0 Å². The highest BCUT2D eigenvalue weighted by Gasteiger charge is 2.27. The second kappa shape index (κ2) is 8.50. The number of hydrogen-bond donors (Lipinski definition) is 2. The molecule has 0 bridgehead atoms. The normalized spacial score (nSPS) is 11.2. The highest BCUT2D eigenvalue weighted by atomic mass is 35.5. The number of rotatable bonds is 6. The minimum absolute atomic E-state index is 0. The van der Waals surface area contributed by atoms with Crippen molar-refractivity contribution in [3.63, 3.8) is 0 Å². The van der Waals surface area contributed by atoms with Gasteiger partial charge in [0.05, 0.1) is 25.2 Å². The Kier molecular flexibility index (Phi) is 7.16. The lowest BCUT2D eigenvalue weighted by molar-refractivity contribution is -0.122. The zero-order valence-electron chi connectivity index (χ0n) is 15.1. The van der Waals surface area contributed by atoms with Crippen LogP contribution in [0, 0.1) is 27.7 Å². The molecule has 0 saturated carbocycles. The van der Waals surface area contributed by atoms with E-state index in [0.717, 1.165) is 11.4 Å². The Labute approximate surface area is 156 Å². The van der Waals surface area contributed by atoms with Gasteiger partial charge in [-0.1, -0.05) is 0 Å². The van der Waals surface area contributed by atoms with Crippen LogP contribution in [0.25, 0.3) is 5.95 Å². The van der Waals surface area contributed by atoms with Crippen molar-refractivity contribution in [2.75, 3.05) is 13.1 Å². The number of amides is 1. The van der Waals surface area contributed by atoms with Gasteiger partial charge in [0.15, 0.2) is 0 Å². The molecule has 144 valence electrons. The second-order valence-corrected chi connectivity index (χ2v) is 6.03. The summed E-state index contributed by atoms with van der Waals surface area (Å²) in [6, 6.07) is 1.85. The predicted octanol–water partition coefficient (Wildman–Crippen LogP) is 1.57. The summed E-state index contributed by atoms with van der Waals surface area (Å²) in [5.74, 6) is -3.21. The topological polar surface area (TPSA) is 98.7 Å². The largest absolute Gasteiger partial charge is 0.350 e. The fourth-order valence-corrected chi connectivity index (χ4v) is 2.45. The summed E-state index contributed by atoms with van der Waals surface area (Å²) in [5.41, 5.74) is 8.55. The number of nitrogens with two attached hydrogens (primary N) is 1. The molecule has 0 aliphatic heterocycles. The summed E-state index contributed by atoms with van der Waals surface area (Å²) >= 11 is 0. The first-order valence-electron chi connectivity index (χ1n) is 7.85. The van der Waals surface area contributed by atoms with E-state index < -0.39 is 24.9 Å². The highest BCUT2D eigenvalue weighted by molar-refractivity contribution is 5.85. The molecule has 0 aliphatic carbocycles. The standard InChI is InChI=1S/C16H22F2N6O.ClH/c1-9-5-10(2)22-15(21-9)24-12(4)13(11(3)23-24)6-14(25)20-8-16(17,18)7-19;/h5H,6-8,19H2,1-4H3,(H,20,25);1H. The molecule has 10 heteroatoms. The molecule has 2 rings (SSSR count). The molecule has 0 saturated heterocycles. The lowest BCUT2D eigenvalue weighted by Gasteiger charge is -2.14. The summed E-state index contributed by atoms with van der Waals surface area (Å²) in [4.78, 5) is 20.7. The van der Waals surface area contributed by atoms with E-state index in [1.807, 2.05) is 19.9 Å². The molecule has 0 aromatic carbocycles. The molecular formula is C16H23ClF2N6O. The third kappa shape index (κ3) is 5.18. The lowest BCUT2D eigenvalue weighted by atomic mass is 10.1. The minimum Gasteiger partial charge on any atom is -0.350 e. The number of carbonyl (C=O) groups is 1. The van der Waals surface area contributed by atoms with Crippen LogP contribution in [0.3, 0.4) is 0 Å². The van der Waals surface area contributed by atoms with Crippen LogP contribution in [0.15, 0.2) is 6.07 Å². The Morgan fingerprint density at radius 1 is 1.23 bits per heavy atom. The maximum atomic E-state index is 13.1. The van der Waals surface area contributed by atoms with E-state index in [1.54, 1.807) is 18.5 Å². The van der Waals surface area contributed by atoms with Gasteiger partial charge in [-0.15, -0.1) is 12.4 Å². The first-order chi connectivity index (χ1) is 11.6. The number of aromatic nitrogens is 4. The minimum atomic E-state index is -3.11. The van der Waals surface area contributed by atoms with Gasteiger partial charge in [-0.25, -0.2) is 23.4 Å². The molecule has 0 unspecified atom stereocenters. The first-order valence-corrected chi connectivity index (χ1v) is 7.85. The Hall–Kier alpha value is -2.13. The molecule has 3 N–H and O–H groups in total. The Balaban J connectivity index is 0.00000338. The molecule has 1 amide bonds. The number of carbonyl (C=O) groups excluding carboxylic acids is 1. The summed E-state index contributed by atoms with van der Waals surface area (Å²) in [6.45, 7) is 5.66. The van der Waals surface area contributed by atoms with Crippen molar-refractivity contribution in [1.82, 2.24) is 25.1 Å². The van der Waals surface area contributed by atoms with E-state index in [2.05, 4.69) is 20.4 Å². The molecule has 0 spiro atoms. The zero-order chi connectivity index (χ0) is 18.8. The quantitative estimate of drug-likeness (QED) is 0.782. The van der Waals surface area contributed by atoms with Crippen molar-refractivity contribution in [2.24, 2.45) is 5.73 Å². The van der Waals surface area contributed by atoms with E-state index in [-0.39, 0.29) is 18.8 Å². The van der Waals surface area contributed by atoms with Gasteiger partial charge >= 0.3 is 0 Å². The van der Waals surface area contributed by atoms with Crippen LogP contribution in [-0.4, -0.2) is 44.7 Å². The average Bonchev–Trinajstić information content (AvgIpc) is 2.80. The van der Waals surface area contributed by atoms with Gasteiger partial charge in [0.2, 0.25) is 5.91 Å². The Morgan fingerprint density at radius 2 is 1.81 bits per heavy atom.